The van der Waals surface area contributed by atoms with Gasteiger partial charge in [-0.3, -0.25) is 0 Å². The predicted molar refractivity (Wildman–Crippen MR) is 79.3 cm³/mol. The van der Waals surface area contributed by atoms with Crippen molar-refractivity contribution in [2.24, 2.45) is 5.92 Å². The van der Waals surface area contributed by atoms with Crippen molar-refractivity contribution in [3.8, 4) is 5.75 Å². The van der Waals surface area contributed by atoms with Gasteiger partial charge in [-0.15, -0.1) is 0 Å². The number of hydrogen-bond acceptors (Lipinski definition) is 3. The monoisotopic (exact) mass is 312 g/mol. The van der Waals surface area contributed by atoms with Gasteiger partial charge in [-0.05, 0) is 24.8 Å². The molecule has 1 saturated carbocycles. The third-order valence-corrected chi connectivity index (χ3v) is 3.79. The fourth-order valence-corrected chi connectivity index (χ4v) is 2.56. The largest absolute Gasteiger partial charge is 0.496 e. The van der Waals surface area contributed by atoms with Crippen molar-refractivity contribution >= 4 is 29.3 Å². The zero-order chi connectivity index (χ0) is 15.6. The van der Waals surface area contributed by atoms with Crippen LogP contribution in [0.1, 0.15) is 30.1 Å². The minimum absolute atomic E-state index is 0.0544. The van der Waals surface area contributed by atoms with E-state index >= 15 is 0 Å². The third kappa shape index (κ3) is 3.58. The Morgan fingerprint density at radius 2 is 2.05 bits per heavy atom. The Hall–Kier alpha value is -1.95. The van der Waals surface area contributed by atoms with Crippen LogP contribution in [0, 0.1) is 5.92 Å². The summed E-state index contributed by atoms with van der Waals surface area (Å²) in [6, 6.07) is 2.47. The highest BCUT2D eigenvalue weighted by Gasteiger charge is 2.26. The van der Waals surface area contributed by atoms with E-state index in [1.165, 1.54) is 19.2 Å². The highest BCUT2D eigenvalue weighted by atomic mass is 35.5. The number of carbonyl (C=O) groups excluding carboxylic acids is 1. The Morgan fingerprint density at radius 3 is 2.57 bits per heavy atom. The zero-order valence-corrected chi connectivity index (χ0v) is 12.5. The summed E-state index contributed by atoms with van der Waals surface area (Å²) < 4.78 is 5.00. The molecule has 0 spiro atoms. The number of aromatic carboxylic acids is 1. The summed E-state index contributed by atoms with van der Waals surface area (Å²) in [7, 11) is 1.36. The van der Waals surface area contributed by atoms with E-state index in [1.807, 2.05) is 0 Å². The number of urea groups is 1. The third-order valence-electron chi connectivity index (χ3n) is 3.48. The van der Waals surface area contributed by atoms with Gasteiger partial charge >= 0.3 is 12.0 Å². The molecule has 0 atom stereocenters. The van der Waals surface area contributed by atoms with Crippen molar-refractivity contribution in [1.29, 1.82) is 0 Å². The molecule has 0 radical (unpaired) electrons. The number of benzene rings is 1. The number of carboxylic acids is 1. The Labute approximate surface area is 127 Å². The van der Waals surface area contributed by atoms with E-state index in [0.717, 1.165) is 12.8 Å². The van der Waals surface area contributed by atoms with Gasteiger partial charge in [0.1, 0.15) is 11.3 Å². The average Bonchev–Trinajstić information content (AvgIpc) is 2.38. The minimum Gasteiger partial charge on any atom is -0.496 e. The lowest BCUT2D eigenvalue weighted by molar-refractivity contribution is 0.0693. The lowest BCUT2D eigenvalue weighted by Gasteiger charge is -2.33. The summed E-state index contributed by atoms with van der Waals surface area (Å²) >= 11 is 5.99. The zero-order valence-electron chi connectivity index (χ0n) is 11.8. The van der Waals surface area contributed by atoms with Crippen molar-refractivity contribution in [3.05, 3.63) is 22.7 Å². The SMILES string of the molecule is COc1cc(NC(=O)NC2CC(C)C2)c(Cl)cc1C(=O)O. The summed E-state index contributed by atoms with van der Waals surface area (Å²) in [5.41, 5.74) is 0.254. The first kappa shape index (κ1) is 15.4. The molecular weight excluding hydrogens is 296 g/mol. The number of methoxy groups -OCH3 is 1. The summed E-state index contributed by atoms with van der Waals surface area (Å²) in [6.07, 6.45) is 1.92. The maximum absolute atomic E-state index is 11.9. The number of carboxylic acid groups (broad SMARTS) is 1. The maximum Gasteiger partial charge on any atom is 0.339 e. The molecule has 6 nitrogen and oxygen atoms in total. The van der Waals surface area contributed by atoms with Crippen LogP contribution in [0.25, 0.3) is 0 Å². The number of nitrogens with one attached hydrogen (secondary N) is 2. The molecule has 7 heteroatoms. The molecule has 0 saturated heterocycles. The molecule has 2 amide bonds. The maximum atomic E-state index is 11.9. The van der Waals surface area contributed by atoms with Gasteiger partial charge < -0.3 is 20.5 Å². The van der Waals surface area contributed by atoms with Crippen LogP contribution >= 0.6 is 11.6 Å². The van der Waals surface area contributed by atoms with Gasteiger partial charge in [0.25, 0.3) is 0 Å². The quantitative estimate of drug-likeness (QED) is 0.797. The molecule has 0 aromatic heterocycles. The van der Waals surface area contributed by atoms with Crippen LogP contribution < -0.4 is 15.4 Å². The van der Waals surface area contributed by atoms with Crippen molar-refractivity contribution in [1.82, 2.24) is 5.32 Å². The molecule has 3 N–H and O–H groups in total. The predicted octanol–water partition coefficient (Wildman–Crippen LogP) is 2.97. The van der Waals surface area contributed by atoms with E-state index in [9.17, 15) is 9.59 Å². The Bertz CT molecular complexity index is 570. The van der Waals surface area contributed by atoms with Crippen molar-refractivity contribution in [2.75, 3.05) is 12.4 Å². The first-order valence-corrected chi connectivity index (χ1v) is 6.96. The smallest absolute Gasteiger partial charge is 0.339 e. The highest BCUT2D eigenvalue weighted by molar-refractivity contribution is 6.34. The number of carbonyl (C=O) groups is 2. The second-order valence-electron chi connectivity index (χ2n) is 5.21. The summed E-state index contributed by atoms with van der Waals surface area (Å²) in [5, 5.41) is 14.6. The fourth-order valence-electron chi connectivity index (χ4n) is 2.35. The molecule has 1 fully saturated rings. The molecule has 1 aliphatic rings. The van der Waals surface area contributed by atoms with E-state index in [0.29, 0.717) is 11.6 Å². The van der Waals surface area contributed by atoms with Crippen molar-refractivity contribution < 1.29 is 19.4 Å². The van der Waals surface area contributed by atoms with E-state index < -0.39 is 5.97 Å². The highest BCUT2D eigenvalue weighted by Crippen LogP contribution is 2.31. The van der Waals surface area contributed by atoms with Gasteiger partial charge in [0.05, 0.1) is 17.8 Å². The van der Waals surface area contributed by atoms with E-state index in [1.54, 1.807) is 0 Å². The van der Waals surface area contributed by atoms with E-state index in [4.69, 9.17) is 21.4 Å². The van der Waals surface area contributed by atoms with Crippen LogP contribution in [0.15, 0.2) is 12.1 Å². The van der Waals surface area contributed by atoms with Crippen LogP contribution in [0.4, 0.5) is 10.5 Å². The van der Waals surface area contributed by atoms with Gasteiger partial charge in [0.15, 0.2) is 0 Å². The normalized spacial score (nSPS) is 20.3. The fraction of sp³-hybridized carbons (Fsp3) is 0.429. The van der Waals surface area contributed by atoms with Gasteiger partial charge in [-0.2, -0.15) is 0 Å². The van der Waals surface area contributed by atoms with Crippen LogP contribution in [-0.4, -0.2) is 30.3 Å². The number of halogens is 1. The molecule has 1 aromatic rings. The molecule has 0 heterocycles. The van der Waals surface area contributed by atoms with Gasteiger partial charge in [0.2, 0.25) is 0 Å². The molecule has 21 heavy (non-hydrogen) atoms. The first-order chi connectivity index (χ1) is 9.90. The van der Waals surface area contributed by atoms with Crippen LogP contribution in [-0.2, 0) is 0 Å². The molecule has 0 unspecified atom stereocenters. The Kier molecular flexibility index (Phi) is 4.57. The lowest BCUT2D eigenvalue weighted by atomic mass is 9.82. The first-order valence-electron chi connectivity index (χ1n) is 6.59. The van der Waals surface area contributed by atoms with Gasteiger partial charge in [0, 0.05) is 12.1 Å². The van der Waals surface area contributed by atoms with Crippen LogP contribution in [0.5, 0.6) is 5.75 Å². The summed E-state index contributed by atoms with van der Waals surface area (Å²) in [6.45, 7) is 2.13. The molecule has 2 rings (SSSR count). The molecule has 1 aromatic carbocycles. The van der Waals surface area contributed by atoms with Crippen molar-refractivity contribution in [3.63, 3.8) is 0 Å². The molecule has 0 bridgehead atoms. The number of anilines is 1. The molecule has 114 valence electrons. The summed E-state index contributed by atoms with van der Waals surface area (Å²) in [4.78, 5) is 22.9. The Balaban J connectivity index is 2.09. The number of rotatable bonds is 4. The summed E-state index contributed by atoms with van der Waals surface area (Å²) in [5.74, 6) is -0.374. The lowest BCUT2D eigenvalue weighted by Crippen LogP contribution is -2.45. The van der Waals surface area contributed by atoms with Crippen LogP contribution in [0.2, 0.25) is 5.02 Å². The van der Waals surface area contributed by atoms with Gasteiger partial charge in [-0.25, -0.2) is 9.59 Å². The Morgan fingerprint density at radius 1 is 1.38 bits per heavy atom. The molecule has 0 aliphatic heterocycles. The topological polar surface area (TPSA) is 87.7 Å². The van der Waals surface area contributed by atoms with Crippen LogP contribution in [0.3, 0.4) is 0 Å². The average molecular weight is 313 g/mol. The minimum atomic E-state index is -1.15. The number of hydrogen-bond donors (Lipinski definition) is 3. The van der Waals surface area contributed by atoms with Gasteiger partial charge in [-0.1, -0.05) is 18.5 Å². The van der Waals surface area contributed by atoms with E-state index in [2.05, 4.69) is 17.6 Å². The second kappa shape index (κ2) is 6.22. The van der Waals surface area contributed by atoms with Crippen molar-refractivity contribution in [2.45, 2.75) is 25.8 Å². The standard InChI is InChI=1S/C14H17ClN2O4/c1-7-3-8(4-7)16-14(20)17-11-6-12(21-2)9(13(18)19)5-10(11)15/h5-8H,3-4H2,1-2H3,(H,18,19)(H2,16,17,20). The number of amides is 2. The molecule has 1 aliphatic carbocycles. The number of ether oxygens (including phenoxy) is 1. The van der Waals surface area contributed by atoms with E-state index in [-0.39, 0.29) is 28.4 Å². The molecular formula is C14H17ClN2O4. The second-order valence-corrected chi connectivity index (χ2v) is 5.62.